The molecular formula is C6H7N5OS2. The summed E-state index contributed by atoms with van der Waals surface area (Å²) in [6.45, 7) is 0. The summed E-state index contributed by atoms with van der Waals surface area (Å²) in [4.78, 5) is 13.2. The van der Waals surface area contributed by atoms with E-state index in [1.165, 1.54) is 11.8 Å². The molecule has 0 aromatic carbocycles. The monoisotopic (exact) mass is 229 g/mol. The normalized spacial score (nSPS) is 34.0. The van der Waals surface area contributed by atoms with Crippen LogP contribution in [0.5, 0.6) is 0 Å². The van der Waals surface area contributed by atoms with Crippen molar-refractivity contribution in [3.8, 4) is 0 Å². The molecule has 3 rings (SSSR count). The molecule has 3 aliphatic heterocycles. The fourth-order valence-corrected chi connectivity index (χ4v) is 2.76. The molecule has 2 atom stereocenters. The van der Waals surface area contributed by atoms with Gasteiger partial charge in [0, 0.05) is 0 Å². The largest absolute Gasteiger partial charge is 0.339 e. The number of nitrogens with one attached hydrogen (secondary N) is 3. The second-order valence-corrected chi connectivity index (χ2v) is 4.47. The van der Waals surface area contributed by atoms with Gasteiger partial charge >= 0.3 is 0 Å². The van der Waals surface area contributed by atoms with Crippen molar-refractivity contribution in [2.75, 3.05) is 5.75 Å². The van der Waals surface area contributed by atoms with Crippen molar-refractivity contribution in [2.24, 2.45) is 5.10 Å². The Labute approximate surface area is 89.5 Å². The van der Waals surface area contributed by atoms with Crippen molar-refractivity contribution in [1.82, 2.24) is 21.0 Å². The molecule has 0 aromatic rings. The fourth-order valence-electron chi connectivity index (χ4n) is 1.65. The van der Waals surface area contributed by atoms with Crippen LogP contribution in [0.1, 0.15) is 0 Å². The summed E-state index contributed by atoms with van der Waals surface area (Å²) in [5.41, 5.74) is 2.92. The van der Waals surface area contributed by atoms with Gasteiger partial charge in [-0.15, -0.1) is 0 Å². The molecule has 0 radical (unpaired) electrons. The Morgan fingerprint density at radius 3 is 3.29 bits per heavy atom. The molecule has 74 valence electrons. The molecule has 0 bridgehead atoms. The van der Waals surface area contributed by atoms with Gasteiger partial charge in [-0.25, -0.2) is 0 Å². The molecule has 0 spiro atoms. The summed E-state index contributed by atoms with van der Waals surface area (Å²) >= 11 is 6.41. The van der Waals surface area contributed by atoms with Crippen molar-refractivity contribution < 1.29 is 4.79 Å². The minimum atomic E-state index is -0.141. The van der Waals surface area contributed by atoms with E-state index in [1.54, 1.807) is 4.90 Å². The van der Waals surface area contributed by atoms with E-state index in [9.17, 15) is 4.79 Å². The first-order valence-corrected chi connectivity index (χ1v) is 5.50. The molecule has 2 saturated heterocycles. The Kier molecular flexibility index (Phi) is 1.62. The highest BCUT2D eigenvalue weighted by Crippen LogP contribution is 2.25. The number of hydrogen-bond donors (Lipinski definition) is 3. The number of amidine groups is 1. The Morgan fingerprint density at radius 1 is 1.57 bits per heavy atom. The van der Waals surface area contributed by atoms with Gasteiger partial charge in [0.2, 0.25) is 5.91 Å². The standard InChI is InChI=1S/C6H7N5OS2/c12-2-1-14-6-10-9-3-4(11(2)6)8-5(13)7-3/h3-4,9H,1H2,(H2,7,8,13). The third-order valence-corrected chi connectivity index (χ3v) is 3.43. The van der Waals surface area contributed by atoms with Gasteiger partial charge in [-0.05, 0) is 12.2 Å². The van der Waals surface area contributed by atoms with Gasteiger partial charge in [-0.1, -0.05) is 11.8 Å². The Hall–Kier alpha value is -1.02. The van der Waals surface area contributed by atoms with Gasteiger partial charge in [0.05, 0.1) is 5.75 Å². The first-order chi connectivity index (χ1) is 6.75. The highest BCUT2D eigenvalue weighted by molar-refractivity contribution is 8.15. The molecule has 3 N–H and O–H groups in total. The van der Waals surface area contributed by atoms with E-state index in [0.717, 1.165) is 5.17 Å². The van der Waals surface area contributed by atoms with Crippen LogP contribution in [-0.4, -0.2) is 39.2 Å². The first kappa shape index (κ1) is 8.30. The lowest BCUT2D eigenvalue weighted by molar-refractivity contribution is -0.126. The van der Waals surface area contributed by atoms with Crippen molar-refractivity contribution >= 4 is 40.2 Å². The summed E-state index contributed by atoms with van der Waals surface area (Å²) in [6.07, 6.45) is -0.258. The Balaban J connectivity index is 1.96. The zero-order valence-electron chi connectivity index (χ0n) is 6.98. The topological polar surface area (TPSA) is 68.8 Å². The maximum absolute atomic E-state index is 11.5. The number of amides is 1. The minimum absolute atomic E-state index is 0.0734. The Morgan fingerprint density at radius 2 is 2.43 bits per heavy atom. The molecule has 2 fully saturated rings. The number of thioether (sulfide) groups is 1. The van der Waals surface area contributed by atoms with Gasteiger partial charge in [-0.2, -0.15) is 5.10 Å². The number of thiocarbonyl (C=S) groups is 1. The summed E-state index contributed by atoms with van der Waals surface area (Å²) < 4.78 is 0. The number of hydrogen-bond acceptors (Lipinski definition) is 5. The van der Waals surface area contributed by atoms with Crippen LogP contribution >= 0.6 is 24.0 Å². The highest BCUT2D eigenvalue weighted by Gasteiger charge is 2.45. The minimum Gasteiger partial charge on any atom is -0.339 e. The molecule has 0 saturated carbocycles. The van der Waals surface area contributed by atoms with Crippen molar-refractivity contribution in [3.05, 3.63) is 0 Å². The molecule has 2 unspecified atom stereocenters. The lowest BCUT2D eigenvalue weighted by Crippen LogP contribution is -2.59. The summed E-state index contributed by atoms with van der Waals surface area (Å²) in [5.74, 6) is 0.530. The lowest BCUT2D eigenvalue weighted by Gasteiger charge is -2.31. The predicted octanol–water partition coefficient (Wildman–Crippen LogP) is -1.43. The number of carbonyl (C=O) groups excluding carboxylic acids is 1. The van der Waals surface area contributed by atoms with E-state index in [0.29, 0.717) is 10.9 Å². The molecule has 1 amide bonds. The predicted molar refractivity (Wildman–Crippen MR) is 56.3 cm³/mol. The fraction of sp³-hybridized carbons (Fsp3) is 0.500. The van der Waals surface area contributed by atoms with Crippen LogP contribution in [0, 0.1) is 0 Å². The van der Waals surface area contributed by atoms with Crippen LogP contribution in [0.2, 0.25) is 0 Å². The molecule has 3 aliphatic rings. The Bertz CT molecular complexity index is 356. The number of fused-ring (bicyclic) bond motifs is 3. The third-order valence-electron chi connectivity index (χ3n) is 2.26. The molecular weight excluding hydrogens is 222 g/mol. The van der Waals surface area contributed by atoms with Gasteiger partial charge in [0.25, 0.3) is 0 Å². The van der Waals surface area contributed by atoms with Crippen LogP contribution in [0.3, 0.4) is 0 Å². The van der Waals surface area contributed by atoms with Crippen LogP contribution in [-0.2, 0) is 4.79 Å². The second-order valence-electron chi connectivity index (χ2n) is 3.12. The van der Waals surface area contributed by atoms with Crippen molar-refractivity contribution in [2.45, 2.75) is 12.3 Å². The van der Waals surface area contributed by atoms with E-state index in [1.807, 2.05) is 0 Å². The van der Waals surface area contributed by atoms with E-state index < -0.39 is 0 Å². The number of nitrogens with zero attached hydrogens (tertiary/aromatic N) is 2. The zero-order valence-corrected chi connectivity index (χ0v) is 8.61. The maximum Gasteiger partial charge on any atom is 0.240 e. The van der Waals surface area contributed by atoms with E-state index in [2.05, 4.69) is 21.2 Å². The number of rotatable bonds is 0. The van der Waals surface area contributed by atoms with Gasteiger partial charge in [0.15, 0.2) is 22.6 Å². The van der Waals surface area contributed by atoms with Crippen LogP contribution < -0.4 is 16.1 Å². The van der Waals surface area contributed by atoms with Gasteiger partial charge in [0.1, 0.15) is 0 Å². The van der Waals surface area contributed by atoms with Crippen LogP contribution in [0.15, 0.2) is 5.10 Å². The molecule has 0 aliphatic carbocycles. The van der Waals surface area contributed by atoms with Crippen molar-refractivity contribution in [1.29, 1.82) is 0 Å². The van der Waals surface area contributed by atoms with E-state index in [-0.39, 0.29) is 18.2 Å². The average molecular weight is 229 g/mol. The SMILES string of the molecule is O=C1CSC2=NNC3NC(=S)NC3N12. The quantitative estimate of drug-likeness (QED) is 0.442. The summed E-state index contributed by atoms with van der Waals surface area (Å²) in [6, 6.07) is 0. The van der Waals surface area contributed by atoms with Crippen molar-refractivity contribution in [3.63, 3.8) is 0 Å². The van der Waals surface area contributed by atoms with Gasteiger partial charge in [-0.3, -0.25) is 15.1 Å². The zero-order chi connectivity index (χ0) is 9.71. The van der Waals surface area contributed by atoms with Crippen LogP contribution in [0.4, 0.5) is 0 Å². The van der Waals surface area contributed by atoms with E-state index >= 15 is 0 Å². The molecule has 8 heteroatoms. The summed E-state index contributed by atoms with van der Waals surface area (Å²) in [7, 11) is 0. The molecule has 3 heterocycles. The van der Waals surface area contributed by atoms with Crippen LogP contribution in [0.25, 0.3) is 0 Å². The first-order valence-electron chi connectivity index (χ1n) is 4.11. The summed E-state index contributed by atoms with van der Waals surface area (Å²) in [5, 5.41) is 11.4. The highest BCUT2D eigenvalue weighted by atomic mass is 32.2. The third kappa shape index (κ3) is 1.01. The van der Waals surface area contributed by atoms with Gasteiger partial charge < -0.3 is 10.6 Å². The second kappa shape index (κ2) is 2.74. The smallest absolute Gasteiger partial charge is 0.240 e. The average Bonchev–Trinajstić information content (AvgIpc) is 2.68. The molecule has 0 aromatic heterocycles. The van der Waals surface area contributed by atoms with E-state index in [4.69, 9.17) is 12.2 Å². The number of carbonyl (C=O) groups is 1. The number of hydrazone groups is 1. The molecule has 14 heavy (non-hydrogen) atoms. The lowest BCUT2D eigenvalue weighted by atomic mass is 10.3. The maximum atomic E-state index is 11.5. The molecule has 6 nitrogen and oxygen atoms in total.